The molecule has 0 fully saturated rings. The molecule has 3 rings (SSSR count). The first kappa shape index (κ1) is 11.0. The van der Waals surface area contributed by atoms with Gasteiger partial charge in [-0.1, -0.05) is 38.1 Å². The number of rotatable bonds is 2. The van der Waals surface area contributed by atoms with Gasteiger partial charge in [-0.05, 0) is 29.9 Å². The molecule has 0 saturated carbocycles. The van der Waals surface area contributed by atoms with Gasteiger partial charge in [-0.15, -0.1) is 11.3 Å². The molecule has 0 unspecified atom stereocenters. The van der Waals surface area contributed by atoms with Crippen LogP contribution in [0.25, 0.3) is 0 Å². The molecule has 2 aromatic rings. The molecule has 1 aliphatic rings. The van der Waals surface area contributed by atoms with E-state index in [4.69, 9.17) is 0 Å². The molecule has 17 heavy (non-hydrogen) atoms. The Bertz CT molecular complexity index is 502. The van der Waals surface area contributed by atoms with Crippen molar-refractivity contribution in [3.05, 3.63) is 51.5 Å². The normalized spacial score (nSPS) is 15.5. The van der Waals surface area contributed by atoms with Crippen LogP contribution < -0.4 is 0 Å². The Kier molecular flexibility index (Phi) is 2.75. The Morgan fingerprint density at radius 1 is 1.18 bits per heavy atom. The average Bonchev–Trinajstić information content (AvgIpc) is 2.95. The van der Waals surface area contributed by atoms with Crippen molar-refractivity contribution >= 4 is 11.3 Å². The SMILES string of the molecule is CC(C)c1cnc(C2Cc3ccccc3C2)s1. The van der Waals surface area contributed by atoms with E-state index in [0.29, 0.717) is 11.8 Å². The maximum Gasteiger partial charge on any atom is 0.0965 e. The highest BCUT2D eigenvalue weighted by Gasteiger charge is 2.24. The molecule has 1 aliphatic carbocycles. The lowest BCUT2D eigenvalue weighted by molar-refractivity contribution is 0.734. The summed E-state index contributed by atoms with van der Waals surface area (Å²) < 4.78 is 0. The Labute approximate surface area is 107 Å². The second-order valence-electron chi connectivity index (χ2n) is 5.13. The van der Waals surface area contributed by atoms with Gasteiger partial charge in [0.1, 0.15) is 0 Å². The fourth-order valence-corrected chi connectivity index (χ4v) is 3.51. The van der Waals surface area contributed by atoms with Crippen LogP contribution in [0, 0.1) is 0 Å². The fraction of sp³-hybridized carbons (Fsp3) is 0.400. The van der Waals surface area contributed by atoms with Gasteiger partial charge in [-0.2, -0.15) is 0 Å². The topological polar surface area (TPSA) is 12.9 Å². The molecule has 2 heteroatoms. The summed E-state index contributed by atoms with van der Waals surface area (Å²) in [6.45, 7) is 4.47. The number of fused-ring (bicyclic) bond motifs is 1. The van der Waals surface area contributed by atoms with Crippen molar-refractivity contribution in [3.63, 3.8) is 0 Å². The smallest absolute Gasteiger partial charge is 0.0965 e. The Balaban J connectivity index is 1.84. The Morgan fingerprint density at radius 2 is 1.82 bits per heavy atom. The monoisotopic (exact) mass is 243 g/mol. The van der Waals surface area contributed by atoms with Gasteiger partial charge in [0.05, 0.1) is 5.01 Å². The molecule has 0 bridgehead atoms. The highest BCUT2D eigenvalue weighted by molar-refractivity contribution is 7.11. The number of benzene rings is 1. The fourth-order valence-electron chi connectivity index (χ4n) is 2.49. The van der Waals surface area contributed by atoms with Crippen molar-refractivity contribution in [1.82, 2.24) is 4.98 Å². The van der Waals surface area contributed by atoms with Gasteiger partial charge < -0.3 is 0 Å². The summed E-state index contributed by atoms with van der Waals surface area (Å²) in [6.07, 6.45) is 4.40. The molecule has 0 radical (unpaired) electrons. The lowest BCUT2D eigenvalue weighted by Crippen LogP contribution is -1.96. The average molecular weight is 243 g/mol. The van der Waals surface area contributed by atoms with Crippen LogP contribution in [0.1, 0.15) is 46.7 Å². The quantitative estimate of drug-likeness (QED) is 0.772. The van der Waals surface area contributed by atoms with Crippen LogP contribution in [-0.4, -0.2) is 4.98 Å². The van der Waals surface area contributed by atoms with Crippen LogP contribution in [-0.2, 0) is 12.8 Å². The standard InChI is InChI=1S/C15H17NS/c1-10(2)14-9-16-15(17-14)13-7-11-5-3-4-6-12(11)8-13/h3-6,9-10,13H,7-8H2,1-2H3. The molecule has 1 heterocycles. The largest absolute Gasteiger partial charge is 0.249 e. The third kappa shape index (κ3) is 2.02. The van der Waals surface area contributed by atoms with Crippen molar-refractivity contribution < 1.29 is 0 Å². The highest BCUT2D eigenvalue weighted by Crippen LogP contribution is 2.36. The zero-order chi connectivity index (χ0) is 11.8. The van der Waals surface area contributed by atoms with Crippen molar-refractivity contribution in [2.75, 3.05) is 0 Å². The zero-order valence-electron chi connectivity index (χ0n) is 10.3. The summed E-state index contributed by atoms with van der Waals surface area (Å²) >= 11 is 1.90. The molecule has 0 spiro atoms. The van der Waals surface area contributed by atoms with Crippen LogP contribution in [0.15, 0.2) is 30.5 Å². The minimum absolute atomic E-state index is 0.602. The first-order valence-electron chi connectivity index (χ1n) is 6.26. The van der Waals surface area contributed by atoms with E-state index < -0.39 is 0 Å². The number of hydrogen-bond acceptors (Lipinski definition) is 2. The maximum atomic E-state index is 4.62. The van der Waals surface area contributed by atoms with E-state index in [1.54, 1.807) is 0 Å². The molecular weight excluding hydrogens is 226 g/mol. The predicted octanol–water partition coefficient (Wildman–Crippen LogP) is 4.15. The minimum Gasteiger partial charge on any atom is -0.249 e. The number of nitrogens with zero attached hydrogens (tertiary/aromatic N) is 1. The molecule has 0 aliphatic heterocycles. The number of thiazole rings is 1. The van der Waals surface area contributed by atoms with E-state index >= 15 is 0 Å². The van der Waals surface area contributed by atoms with Crippen LogP contribution in [0.3, 0.4) is 0 Å². The second-order valence-corrected chi connectivity index (χ2v) is 6.22. The molecule has 88 valence electrons. The van der Waals surface area contributed by atoms with Crippen molar-refractivity contribution in [1.29, 1.82) is 0 Å². The van der Waals surface area contributed by atoms with Gasteiger partial charge in [0.15, 0.2) is 0 Å². The zero-order valence-corrected chi connectivity index (χ0v) is 11.1. The van der Waals surface area contributed by atoms with Gasteiger partial charge in [-0.3, -0.25) is 0 Å². The minimum atomic E-state index is 0.602. The summed E-state index contributed by atoms with van der Waals surface area (Å²) in [4.78, 5) is 6.03. The van der Waals surface area contributed by atoms with E-state index in [1.165, 1.54) is 33.9 Å². The molecule has 1 aromatic heterocycles. The van der Waals surface area contributed by atoms with Gasteiger partial charge in [0.2, 0.25) is 0 Å². The molecular formula is C15H17NS. The van der Waals surface area contributed by atoms with E-state index in [-0.39, 0.29) is 0 Å². The third-order valence-electron chi connectivity index (χ3n) is 3.51. The first-order valence-corrected chi connectivity index (χ1v) is 7.08. The van der Waals surface area contributed by atoms with Crippen LogP contribution >= 0.6 is 11.3 Å². The molecule has 0 amide bonds. The predicted molar refractivity (Wildman–Crippen MR) is 72.8 cm³/mol. The van der Waals surface area contributed by atoms with E-state index in [9.17, 15) is 0 Å². The highest BCUT2D eigenvalue weighted by atomic mass is 32.1. The van der Waals surface area contributed by atoms with Crippen LogP contribution in [0.4, 0.5) is 0 Å². The lowest BCUT2D eigenvalue weighted by Gasteiger charge is -2.03. The van der Waals surface area contributed by atoms with E-state index in [1.807, 2.05) is 11.3 Å². The molecule has 0 atom stereocenters. The van der Waals surface area contributed by atoms with Crippen molar-refractivity contribution in [3.8, 4) is 0 Å². The van der Waals surface area contributed by atoms with E-state index in [2.05, 4.69) is 49.3 Å². The summed E-state index contributed by atoms with van der Waals surface area (Å²) in [5.74, 6) is 1.22. The van der Waals surface area contributed by atoms with Gasteiger partial charge in [0.25, 0.3) is 0 Å². The van der Waals surface area contributed by atoms with Gasteiger partial charge >= 0.3 is 0 Å². The summed E-state index contributed by atoms with van der Waals surface area (Å²) in [7, 11) is 0. The molecule has 1 aromatic carbocycles. The lowest BCUT2D eigenvalue weighted by atomic mass is 10.1. The summed E-state index contributed by atoms with van der Waals surface area (Å²) in [5, 5.41) is 1.32. The summed E-state index contributed by atoms with van der Waals surface area (Å²) in [6, 6.07) is 8.80. The maximum absolute atomic E-state index is 4.62. The Morgan fingerprint density at radius 3 is 2.35 bits per heavy atom. The number of aromatic nitrogens is 1. The van der Waals surface area contributed by atoms with Crippen molar-refractivity contribution in [2.45, 2.75) is 38.5 Å². The second kappa shape index (κ2) is 4.26. The van der Waals surface area contributed by atoms with Gasteiger partial charge in [0, 0.05) is 17.0 Å². The first-order chi connectivity index (χ1) is 8.24. The Hall–Kier alpha value is -1.15. The van der Waals surface area contributed by atoms with Crippen molar-refractivity contribution in [2.24, 2.45) is 0 Å². The van der Waals surface area contributed by atoms with Crippen LogP contribution in [0.5, 0.6) is 0 Å². The summed E-state index contributed by atoms with van der Waals surface area (Å²) in [5.41, 5.74) is 3.03. The number of hydrogen-bond donors (Lipinski definition) is 0. The van der Waals surface area contributed by atoms with Crippen LogP contribution in [0.2, 0.25) is 0 Å². The molecule has 0 saturated heterocycles. The van der Waals surface area contributed by atoms with Gasteiger partial charge in [-0.25, -0.2) is 4.98 Å². The van der Waals surface area contributed by atoms with E-state index in [0.717, 1.165) is 0 Å². The molecule has 1 nitrogen and oxygen atoms in total. The molecule has 0 N–H and O–H groups in total. The third-order valence-corrected chi connectivity index (χ3v) is 4.97.